The molecule has 0 bridgehead atoms. The molecule has 0 atom stereocenters. The van der Waals surface area contributed by atoms with Gasteiger partial charge in [-0.1, -0.05) is 5.11 Å². The van der Waals surface area contributed by atoms with Crippen LogP contribution in [0.1, 0.15) is 5.56 Å². The highest BCUT2D eigenvalue weighted by atomic mass is 19.1. The fourth-order valence-electron chi connectivity index (χ4n) is 0.779. The Kier molecular flexibility index (Phi) is 2.09. The number of benzene rings is 1. The molecule has 0 aromatic heterocycles. The van der Waals surface area contributed by atoms with Crippen molar-refractivity contribution in [1.82, 2.24) is 0 Å². The molecule has 11 heavy (non-hydrogen) atoms. The standard InChI is InChI=1S/C7H6FN3/c1-5-4-6(8)2-3-7(5)10-11-9/h2-4H,1H3. The lowest BCUT2D eigenvalue weighted by Crippen LogP contribution is -1.76. The highest BCUT2D eigenvalue weighted by Crippen LogP contribution is 2.18. The zero-order chi connectivity index (χ0) is 8.27. The Hall–Kier alpha value is -1.54. The molecule has 0 amide bonds. The van der Waals surface area contributed by atoms with E-state index >= 15 is 0 Å². The maximum atomic E-state index is 12.5. The van der Waals surface area contributed by atoms with Gasteiger partial charge >= 0.3 is 0 Å². The Morgan fingerprint density at radius 1 is 1.55 bits per heavy atom. The van der Waals surface area contributed by atoms with Crippen LogP contribution >= 0.6 is 0 Å². The van der Waals surface area contributed by atoms with E-state index in [2.05, 4.69) is 10.0 Å². The van der Waals surface area contributed by atoms with Gasteiger partial charge in [0.15, 0.2) is 0 Å². The lowest BCUT2D eigenvalue weighted by Gasteiger charge is -1.96. The van der Waals surface area contributed by atoms with Gasteiger partial charge in [0, 0.05) is 10.6 Å². The summed E-state index contributed by atoms with van der Waals surface area (Å²) in [4.78, 5) is 2.60. The Morgan fingerprint density at radius 2 is 2.27 bits per heavy atom. The number of halogens is 1. The first kappa shape index (κ1) is 7.57. The normalized spacial score (nSPS) is 8.91. The maximum Gasteiger partial charge on any atom is 0.123 e. The van der Waals surface area contributed by atoms with Crippen LogP contribution in [0.4, 0.5) is 10.1 Å². The zero-order valence-corrected chi connectivity index (χ0v) is 5.95. The summed E-state index contributed by atoms with van der Waals surface area (Å²) in [6.45, 7) is 1.69. The fraction of sp³-hybridized carbons (Fsp3) is 0.143. The molecule has 0 aliphatic rings. The lowest BCUT2D eigenvalue weighted by atomic mass is 10.2. The van der Waals surface area contributed by atoms with Gasteiger partial charge in [-0.05, 0) is 36.2 Å². The van der Waals surface area contributed by atoms with Crippen molar-refractivity contribution < 1.29 is 4.39 Å². The van der Waals surface area contributed by atoms with Crippen molar-refractivity contribution in [3.05, 3.63) is 40.0 Å². The van der Waals surface area contributed by atoms with E-state index in [1.165, 1.54) is 18.2 Å². The zero-order valence-electron chi connectivity index (χ0n) is 5.95. The Morgan fingerprint density at radius 3 is 2.82 bits per heavy atom. The van der Waals surface area contributed by atoms with E-state index in [0.29, 0.717) is 11.3 Å². The highest BCUT2D eigenvalue weighted by Gasteiger charge is 1.95. The first-order valence-corrected chi connectivity index (χ1v) is 3.05. The second-order valence-corrected chi connectivity index (χ2v) is 2.12. The second-order valence-electron chi connectivity index (χ2n) is 2.12. The van der Waals surface area contributed by atoms with Crippen molar-refractivity contribution in [2.75, 3.05) is 0 Å². The van der Waals surface area contributed by atoms with Crippen LogP contribution in [0.3, 0.4) is 0 Å². The smallest absolute Gasteiger partial charge is 0.123 e. The molecule has 0 fully saturated rings. The van der Waals surface area contributed by atoms with Crippen molar-refractivity contribution in [3.8, 4) is 0 Å². The van der Waals surface area contributed by atoms with E-state index in [0.717, 1.165) is 0 Å². The third kappa shape index (κ3) is 1.69. The quantitative estimate of drug-likeness (QED) is 0.336. The van der Waals surface area contributed by atoms with Crippen molar-refractivity contribution in [2.45, 2.75) is 6.92 Å². The Bertz CT molecular complexity index is 315. The van der Waals surface area contributed by atoms with Crippen LogP contribution < -0.4 is 0 Å². The van der Waals surface area contributed by atoms with Crippen molar-refractivity contribution >= 4 is 5.69 Å². The summed E-state index contributed by atoms with van der Waals surface area (Å²) in [7, 11) is 0. The van der Waals surface area contributed by atoms with Gasteiger partial charge in [-0.15, -0.1) is 0 Å². The molecule has 3 nitrogen and oxygen atoms in total. The number of aryl methyl sites for hydroxylation is 1. The first-order chi connectivity index (χ1) is 5.24. The van der Waals surface area contributed by atoms with E-state index < -0.39 is 0 Å². The lowest BCUT2D eigenvalue weighted by molar-refractivity contribution is 0.627. The number of rotatable bonds is 1. The molecule has 1 aromatic carbocycles. The van der Waals surface area contributed by atoms with Gasteiger partial charge in [-0.3, -0.25) is 0 Å². The number of nitrogens with zero attached hydrogens (tertiary/aromatic N) is 3. The van der Waals surface area contributed by atoms with Gasteiger partial charge < -0.3 is 0 Å². The summed E-state index contributed by atoms with van der Waals surface area (Å²) in [5.74, 6) is -0.320. The molecule has 0 radical (unpaired) electrons. The largest absolute Gasteiger partial charge is 0.207 e. The minimum Gasteiger partial charge on any atom is -0.207 e. The molecule has 0 N–H and O–H groups in total. The van der Waals surface area contributed by atoms with Crippen LogP contribution in [0.5, 0.6) is 0 Å². The van der Waals surface area contributed by atoms with Crippen LogP contribution in [-0.4, -0.2) is 0 Å². The second kappa shape index (κ2) is 3.03. The SMILES string of the molecule is Cc1cc(F)ccc1N=[N+]=[N-]. The molecule has 0 saturated carbocycles. The fourth-order valence-corrected chi connectivity index (χ4v) is 0.779. The van der Waals surface area contributed by atoms with Gasteiger partial charge in [0.1, 0.15) is 5.82 Å². The van der Waals surface area contributed by atoms with Crippen LogP contribution in [-0.2, 0) is 0 Å². The number of azide groups is 1. The molecule has 0 unspecified atom stereocenters. The van der Waals surface area contributed by atoms with E-state index in [1.807, 2.05) is 0 Å². The summed E-state index contributed by atoms with van der Waals surface area (Å²) in [6.07, 6.45) is 0. The average Bonchev–Trinajstić information content (AvgIpc) is 1.95. The molecular weight excluding hydrogens is 145 g/mol. The molecule has 1 rings (SSSR count). The number of hydrogen-bond acceptors (Lipinski definition) is 1. The highest BCUT2D eigenvalue weighted by molar-refractivity contribution is 5.44. The van der Waals surface area contributed by atoms with Crippen molar-refractivity contribution in [1.29, 1.82) is 0 Å². The molecule has 0 heterocycles. The summed E-state index contributed by atoms with van der Waals surface area (Å²) >= 11 is 0. The van der Waals surface area contributed by atoms with Crippen LogP contribution in [0.15, 0.2) is 23.3 Å². The van der Waals surface area contributed by atoms with E-state index in [9.17, 15) is 4.39 Å². The molecule has 56 valence electrons. The van der Waals surface area contributed by atoms with E-state index in [1.54, 1.807) is 6.92 Å². The molecular formula is C7H6FN3. The van der Waals surface area contributed by atoms with Gasteiger partial charge in [0.05, 0.1) is 0 Å². The van der Waals surface area contributed by atoms with Gasteiger partial charge in [0.25, 0.3) is 0 Å². The molecule has 1 aromatic rings. The first-order valence-electron chi connectivity index (χ1n) is 3.05. The predicted molar refractivity (Wildman–Crippen MR) is 39.9 cm³/mol. The summed E-state index contributed by atoms with van der Waals surface area (Å²) in [5, 5.41) is 3.36. The Balaban J connectivity index is 3.19. The van der Waals surface area contributed by atoms with Gasteiger partial charge in [-0.25, -0.2) is 4.39 Å². The topological polar surface area (TPSA) is 48.8 Å². The van der Waals surface area contributed by atoms with E-state index in [-0.39, 0.29) is 5.82 Å². The summed E-state index contributed by atoms with van der Waals surface area (Å²) < 4.78 is 12.5. The van der Waals surface area contributed by atoms with Gasteiger partial charge in [0.2, 0.25) is 0 Å². The number of hydrogen-bond donors (Lipinski definition) is 0. The minimum absolute atomic E-state index is 0.320. The minimum atomic E-state index is -0.320. The average molecular weight is 151 g/mol. The van der Waals surface area contributed by atoms with Crippen LogP contribution in [0.2, 0.25) is 0 Å². The van der Waals surface area contributed by atoms with Gasteiger partial charge in [-0.2, -0.15) is 0 Å². The predicted octanol–water partition coefficient (Wildman–Crippen LogP) is 3.08. The molecule has 0 aliphatic heterocycles. The molecule has 0 saturated heterocycles. The van der Waals surface area contributed by atoms with E-state index in [4.69, 9.17) is 5.53 Å². The molecule has 4 heteroatoms. The third-order valence-electron chi connectivity index (χ3n) is 1.31. The van der Waals surface area contributed by atoms with Crippen LogP contribution in [0.25, 0.3) is 10.4 Å². The van der Waals surface area contributed by atoms with Crippen molar-refractivity contribution in [2.24, 2.45) is 5.11 Å². The van der Waals surface area contributed by atoms with Crippen LogP contribution in [0, 0.1) is 12.7 Å². The summed E-state index contributed by atoms with van der Waals surface area (Å²) in [5.41, 5.74) is 9.19. The monoisotopic (exact) mass is 151 g/mol. The molecule has 0 spiro atoms. The Labute approximate surface area is 63.1 Å². The maximum absolute atomic E-state index is 12.5. The third-order valence-corrected chi connectivity index (χ3v) is 1.31. The van der Waals surface area contributed by atoms with Crippen molar-refractivity contribution in [3.63, 3.8) is 0 Å². The molecule has 0 aliphatic carbocycles. The summed E-state index contributed by atoms with van der Waals surface area (Å²) in [6, 6.07) is 4.03.